The molecular weight excluding hydrogens is 302 g/mol. The SMILES string of the molecule is COc1ccc(CN2CCC(N)CC2)cc1OC(F)F.Cl. The van der Waals surface area contributed by atoms with Crippen molar-refractivity contribution < 1.29 is 18.3 Å². The van der Waals surface area contributed by atoms with E-state index in [-0.39, 0.29) is 24.2 Å². The van der Waals surface area contributed by atoms with Crippen molar-refractivity contribution >= 4 is 12.4 Å². The number of alkyl halides is 2. The maximum absolute atomic E-state index is 12.4. The Bertz CT molecular complexity index is 441. The maximum Gasteiger partial charge on any atom is 0.387 e. The first kappa shape index (κ1) is 17.9. The Morgan fingerprint density at radius 3 is 2.52 bits per heavy atom. The number of rotatable bonds is 5. The first-order valence-corrected chi connectivity index (χ1v) is 6.68. The molecule has 0 saturated carbocycles. The summed E-state index contributed by atoms with van der Waals surface area (Å²) in [6.45, 7) is -0.292. The standard InChI is InChI=1S/C14H20F2N2O2.ClH/c1-19-12-3-2-10(8-13(12)20-14(15)16)9-18-6-4-11(17)5-7-18;/h2-3,8,11,14H,4-7,9,17H2,1H3;1H. The molecule has 1 fully saturated rings. The van der Waals surface area contributed by atoms with Gasteiger partial charge in [-0.15, -0.1) is 12.4 Å². The first-order valence-electron chi connectivity index (χ1n) is 6.68. The van der Waals surface area contributed by atoms with Crippen LogP contribution >= 0.6 is 12.4 Å². The molecule has 1 heterocycles. The van der Waals surface area contributed by atoms with Crippen molar-refractivity contribution in [2.75, 3.05) is 20.2 Å². The Morgan fingerprint density at radius 2 is 1.95 bits per heavy atom. The zero-order valence-corrected chi connectivity index (χ0v) is 12.7. The molecule has 1 aliphatic rings. The van der Waals surface area contributed by atoms with Crippen LogP contribution in [0.25, 0.3) is 0 Å². The average molecular weight is 323 g/mol. The lowest BCUT2D eigenvalue weighted by Gasteiger charge is -2.30. The highest BCUT2D eigenvalue weighted by molar-refractivity contribution is 5.85. The van der Waals surface area contributed by atoms with Crippen LogP contribution in [0.5, 0.6) is 11.5 Å². The molecule has 1 saturated heterocycles. The molecule has 0 aromatic heterocycles. The average Bonchev–Trinajstić information content (AvgIpc) is 2.41. The van der Waals surface area contributed by atoms with Crippen molar-refractivity contribution in [2.24, 2.45) is 5.73 Å². The third kappa shape index (κ3) is 5.30. The van der Waals surface area contributed by atoms with E-state index in [1.165, 1.54) is 7.11 Å². The van der Waals surface area contributed by atoms with Crippen LogP contribution in [0.1, 0.15) is 18.4 Å². The fourth-order valence-corrected chi connectivity index (χ4v) is 2.38. The lowest BCUT2D eigenvalue weighted by molar-refractivity contribution is -0.0512. The molecule has 1 aromatic rings. The largest absolute Gasteiger partial charge is 0.493 e. The predicted molar refractivity (Wildman–Crippen MR) is 79.4 cm³/mol. The van der Waals surface area contributed by atoms with Gasteiger partial charge >= 0.3 is 6.61 Å². The lowest BCUT2D eigenvalue weighted by atomic mass is 10.1. The van der Waals surface area contributed by atoms with Gasteiger partial charge in [0.05, 0.1) is 7.11 Å². The number of likely N-dealkylation sites (tertiary alicyclic amines) is 1. The number of nitrogens with two attached hydrogens (primary N) is 1. The number of nitrogens with zero attached hydrogens (tertiary/aromatic N) is 1. The Hall–Kier alpha value is -1.11. The van der Waals surface area contributed by atoms with Gasteiger partial charge in [-0.05, 0) is 43.6 Å². The summed E-state index contributed by atoms with van der Waals surface area (Å²) in [6.07, 6.45) is 1.94. The van der Waals surface area contributed by atoms with Crippen LogP contribution in [0.3, 0.4) is 0 Å². The molecule has 0 amide bonds. The highest BCUT2D eigenvalue weighted by atomic mass is 35.5. The van der Waals surface area contributed by atoms with Crippen molar-refractivity contribution in [3.63, 3.8) is 0 Å². The van der Waals surface area contributed by atoms with E-state index >= 15 is 0 Å². The molecule has 0 radical (unpaired) electrons. The van der Waals surface area contributed by atoms with Crippen LogP contribution < -0.4 is 15.2 Å². The fraction of sp³-hybridized carbons (Fsp3) is 0.571. The van der Waals surface area contributed by atoms with Crippen LogP contribution in [0.2, 0.25) is 0 Å². The molecular formula is C14H21ClF2N2O2. The van der Waals surface area contributed by atoms with E-state index in [1.54, 1.807) is 12.1 Å². The third-order valence-corrected chi connectivity index (χ3v) is 3.48. The topological polar surface area (TPSA) is 47.7 Å². The van der Waals surface area contributed by atoms with Crippen LogP contribution in [0, 0.1) is 0 Å². The van der Waals surface area contributed by atoms with E-state index in [4.69, 9.17) is 10.5 Å². The van der Waals surface area contributed by atoms with Gasteiger partial charge in [-0.2, -0.15) is 8.78 Å². The summed E-state index contributed by atoms with van der Waals surface area (Å²) in [6, 6.07) is 5.41. The summed E-state index contributed by atoms with van der Waals surface area (Å²) in [5.41, 5.74) is 6.79. The Balaban J connectivity index is 0.00000220. The molecule has 120 valence electrons. The molecule has 1 aromatic carbocycles. The van der Waals surface area contributed by atoms with Gasteiger partial charge in [0.1, 0.15) is 0 Å². The number of halogens is 3. The summed E-state index contributed by atoms with van der Waals surface area (Å²) in [7, 11) is 1.43. The quantitative estimate of drug-likeness (QED) is 0.905. The molecule has 0 atom stereocenters. The van der Waals surface area contributed by atoms with Crippen molar-refractivity contribution in [1.29, 1.82) is 0 Å². The Kier molecular flexibility index (Phi) is 7.14. The number of methoxy groups -OCH3 is 1. The Morgan fingerprint density at radius 1 is 1.29 bits per heavy atom. The van der Waals surface area contributed by atoms with E-state index in [0.29, 0.717) is 12.3 Å². The van der Waals surface area contributed by atoms with Gasteiger partial charge < -0.3 is 15.2 Å². The molecule has 0 bridgehead atoms. The van der Waals surface area contributed by atoms with Crippen LogP contribution in [0.4, 0.5) is 8.78 Å². The van der Waals surface area contributed by atoms with E-state index in [9.17, 15) is 8.78 Å². The van der Waals surface area contributed by atoms with Crippen LogP contribution in [0.15, 0.2) is 18.2 Å². The molecule has 21 heavy (non-hydrogen) atoms. The van der Waals surface area contributed by atoms with Gasteiger partial charge in [-0.3, -0.25) is 4.90 Å². The molecule has 1 aliphatic heterocycles. The third-order valence-electron chi connectivity index (χ3n) is 3.48. The second kappa shape index (κ2) is 8.36. The van der Waals surface area contributed by atoms with E-state index in [0.717, 1.165) is 31.5 Å². The summed E-state index contributed by atoms with van der Waals surface area (Å²) < 4.78 is 34.2. The summed E-state index contributed by atoms with van der Waals surface area (Å²) >= 11 is 0. The normalized spacial score (nSPS) is 16.6. The molecule has 2 rings (SSSR count). The number of piperidine rings is 1. The first-order chi connectivity index (χ1) is 9.58. The van der Waals surface area contributed by atoms with Gasteiger partial charge in [0.15, 0.2) is 11.5 Å². The minimum absolute atomic E-state index is 0. The van der Waals surface area contributed by atoms with E-state index in [2.05, 4.69) is 9.64 Å². The number of hydrogen-bond acceptors (Lipinski definition) is 4. The highest BCUT2D eigenvalue weighted by Crippen LogP contribution is 2.30. The molecule has 7 heteroatoms. The summed E-state index contributed by atoms with van der Waals surface area (Å²) in [5.74, 6) is 0.392. The minimum Gasteiger partial charge on any atom is -0.493 e. The smallest absolute Gasteiger partial charge is 0.387 e. The Labute approximate surface area is 129 Å². The summed E-state index contributed by atoms with van der Waals surface area (Å²) in [5, 5.41) is 0. The second-order valence-corrected chi connectivity index (χ2v) is 4.98. The molecule has 0 spiro atoms. The van der Waals surface area contributed by atoms with Crippen molar-refractivity contribution in [3.05, 3.63) is 23.8 Å². The summed E-state index contributed by atoms with van der Waals surface area (Å²) in [4.78, 5) is 2.26. The van der Waals surface area contributed by atoms with Crippen LogP contribution in [-0.4, -0.2) is 37.8 Å². The number of benzene rings is 1. The number of ether oxygens (including phenoxy) is 2. The lowest BCUT2D eigenvalue weighted by Crippen LogP contribution is -2.39. The predicted octanol–water partition coefficient (Wildman–Crippen LogP) is 2.64. The molecule has 0 unspecified atom stereocenters. The van der Waals surface area contributed by atoms with Crippen molar-refractivity contribution in [2.45, 2.75) is 32.0 Å². The molecule has 4 nitrogen and oxygen atoms in total. The van der Waals surface area contributed by atoms with Crippen molar-refractivity contribution in [1.82, 2.24) is 4.90 Å². The van der Waals surface area contributed by atoms with Gasteiger partial charge in [0.2, 0.25) is 0 Å². The van der Waals surface area contributed by atoms with E-state index < -0.39 is 6.61 Å². The zero-order valence-electron chi connectivity index (χ0n) is 11.9. The molecule has 2 N–H and O–H groups in total. The van der Waals surface area contributed by atoms with Crippen molar-refractivity contribution in [3.8, 4) is 11.5 Å². The monoisotopic (exact) mass is 322 g/mol. The van der Waals surface area contributed by atoms with E-state index in [1.807, 2.05) is 6.07 Å². The van der Waals surface area contributed by atoms with Gasteiger partial charge in [-0.1, -0.05) is 6.07 Å². The van der Waals surface area contributed by atoms with Crippen LogP contribution in [-0.2, 0) is 6.54 Å². The highest BCUT2D eigenvalue weighted by Gasteiger charge is 2.17. The van der Waals surface area contributed by atoms with Gasteiger partial charge in [0, 0.05) is 12.6 Å². The second-order valence-electron chi connectivity index (χ2n) is 4.98. The maximum atomic E-state index is 12.4. The fourth-order valence-electron chi connectivity index (χ4n) is 2.38. The molecule has 0 aliphatic carbocycles. The van der Waals surface area contributed by atoms with Gasteiger partial charge in [-0.25, -0.2) is 0 Å². The van der Waals surface area contributed by atoms with Gasteiger partial charge in [0.25, 0.3) is 0 Å². The minimum atomic E-state index is -2.85. The number of hydrogen-bond donors (Lipinski definition) is 1. The zero-order chi connectivity index (χ0) is 14.5.